The number of unbranched alkanes of at least 4 members (excludes halogenated alkanes) is 24. The molecular formula is C50H93N2O7P. The summed E-state index contributed by atoms with van der Waals surface area (Å²) in [4.78, 5) is 22.8. The summed E-state index contributed by atoms with van der Waals surface area (Å²) in [6, 6.07) is -1.01. The first-order valence-corrected chi connectivity index (χ1v) is 26.0. The van der Waals surface area contributed by atoms with Gasteiger partial charge in [-0.2, -0.15) is 0 Å². The number of carbonyl (C=O) groups excluding carboxylic acids is 1. The lowest BCUT2D eigenvalue weighted by atomic mass is 10.0. The Labute approximate surface area is 368 Å². The van der Waals surface area contributed by atoms with Gasteiger partial charge < -0.3 is 26.2 Å². The fourth-order valence-corrected chi connectivity index (χ4v) is 7.66. The van der Waals surface area contributed by atoms with Crippen LogP contribution >= 0.6 is 7.82 Å². The van der Waals surface area contributed by atoms with E-state index in [1.54, 1.807) is 6.08 Å². The van der Waals surface area contributed by atoms with Crippen LogP contribution in [0.25, 0.3) is 0 Å². The van der Waals surface area contributed by atoms with Crippen molar-refractivity contribution in [2.75, 3.05) is 19.8 Å². The van der Waals surface area contributed by atoms with Crippen molar-refractivity contribution in [2.45, 2.75) is 231 Å². The highest BCUT2D eigenvalue weighted by molar-refractivity contribution is 7.47. The summed E-state index contributed by atoms with van der Waals surface area (Å²) >= 11 is 0. The second-order valence-electron chi connectivity index (χ2n) is 16.5. The fourth-order valence-electron chi connectivity index (χ4n) is 6.90. The topological polar surface area (TPSA) is 151 Å². The number of phosphoric acid groups is 1. The Balaban J connectivity index is 4.33. The number of aliphatic hydroxyl groups excluding tert-OH is 2. The van der Waals surface area contributed by atoms with Crippen molar-refractivity contribution in [3.8, 4) is 0 Å². The molecule has 0 aromatic rings. The number of aliphatic hydroxyl groups is 2. The first-order chi connectivity index (χ1) is 29.3. The molecule has 10 heteroatoms. The molecule has 0 bridgehead atoms. The van der Waals surface area contributed by atoms with Crippen LogP contribution in [0.3, 0.4) is 0 Å². The van der Waals surface area contributed by atoms with E-state index in [9.17, 15) is 24.5 Å². The van der Waals surface area contributed by atoms with E-state index in [4.69, 9.17) is 14.8 Å². The Bertz CT molecular complexity index is 1140. The average Bonchev–Trinajstić information content (AvgIpc) is 3.23. The van der Waals surface area contributed by atoms with Gasteiger partial charge in [-0.15, -0.1) is 0 Å². The average molecular weight is 865 g/mol. The van der Waals surface area contributed by atoms with Crippen LogP contribution in [-0.4, -0.2) is 59.0 Å². The Morgan fingerprint density at radius 2 is 1.00 bits per heavy atom. The van der Waals surface area contributed by atoms with Crippen LogP contribution in [-0.2, 0) is 18.4 Å². The third-order valence-electron chi connectivity index (χ3n) is 10.6. The van der Waals surface area contributed by atoms with Crippen LogP contribution in [0.15, 0.2) is 60.8 Å². The molecule has 350 valence electrons. The summed E-state index contributed by atoms with van der Waals surface area (Å²) in [5.74, 6) is -0.465. The molecule has 0 aromatic heterocycles. The van der Waals surface area contributed by atoms with Gasteiger partial charge in [-0.05, 0) is 70.6 Å². The number of carbonyl (C=O) groups is 1. The largest absolute Gasteiger partial charge is 0.472 e. The van der Waals surface area contributed by atoms with Gasteiger partial charge in [-0.25, -0.2) is 4.57 Å². The molecule has 0 rings (SSSR count). The molecule has 1 amide bonds. The van der Waals surface area contributed by atoms with Crippen molar-refractivity contribution in [1.82, 2.24) is 5.32 Å². The van der Waals surface area contributed by atoms with Crippen LogP contribution in [0.4, 0.5) is 0 Å². The zero-order valence-corrected chi connectivity index (χ0v) is 39.4. The van der Waals surface area contributed by atoms with Gasteiger partial charge in [0.25, 0.3) is 0 Å². The fraction of sp³-hybridized carbons (Fsp3) is 0.780. The van der Waals surface area contributed by atoms with E-state index in [0.717, 1.165) is 51.4 Å². The third kappa shape index (κ3) is 42.8. The lowest BCUT2D eigenvalue weighted by Gasteiger charge is -2.24. The molecular weight excluding hydrogens is 772 g/mol. The van der Waals surface area contributed by atoms with Crippen molar-refractivity contribution >= 4 is 13.7 Å². The van der Waals surface area contributed by atoms with E-state index < -0.39 is 38.6 Å². The van der Waals surface area contributed by atoms with Gasteiger partial charge in [0.15, 0.2) is 0 Å². The van der Waals surface area contributed by atoms with Crippen LogP contribution in [0.1, 0.15) is 213 Å². The molecule has 0 saturated heterocycles. The molecule has 0 saturated carbocycles. The highest BCUT2D eigenvalue weighted by Gasteiger charge is 2.27. The first-order valence-electron chi connectivity index (χ1n) is 24.5. The number of phosphoric ester groups is 1. The Hall–Kier alpha value is -1.84. The van der Waals surface area contributed by atoms with Crippen molar-refractivity contribution in [3.63, 3.8) is 0 Å². The summed E-state index contributed by atoms with van der Waals surface area (Å²) in [5, 5.41) is 24.1. The molecule has 0 spiro atoms. The molecule has 0 heterocycles. The molecule has 6 N–H and O–H groups in total. The molecule has 0 aliphatic rings. The SMILES string of the molecule is CCCCC/C=C\C=C/CCCCCCCCCCC(O)CC(=O)NC(COP(=O)(O)OCCN)C(O)/C=C/CC/C=C/CC/C=C/CCCCCCCCCCCCC. The standard InChI is InChI=1S/C50H93N2O7P/c1-3-5-7-9-11-13-15-17-19-21-22-23-24-26-28-30-32-34-36-38-40-42-49(54)48(46-59-60(56,57)58-44-43-51)52-50(55)45-47(53)41-39-37-35-33-31-29-27-25-20-18-16-14-12-10-8-6-4-2/h12,14,16,18,24,26,32,34,40,42,47-49,53-54H,3-11,13,15,17,19-23,25,27-31,33,35-39,41,43-46,51H2,1-2H3,(H,52,55)(H,56,57)/b14-12-,18-16-,26-24+,34-32+,42-40+. The van der Waals surface area contributed by atoms with Gasteiger partial charge in [-0.3, -0.25) is 13.8 Å². The minimum Gasteiger partial charge on any atom is -0.393 e. The van der Waals surface area contributed by atoms with Gasteiger partial charge >= 0.3 is 7.82 Å². The smallest absolute Gasteiger partial charge is 0.393 e. The van der Waals surface area contributed by atoms with Gasteiger partial charge in [0.1, 0.15) is 0 Å². The second kappa shape index (κ2) is 45.2. The summed E-state index contributed by atoms with van der Waals surface area (Å²) in [7, 11) is -4.42. The van der Waals surface area contributed by atoms with E-state index in [2.05, 4.69) is 67.8 Å². The highest BCUT2D eigenvalue weighted by Crippen LogP contribution is 2.43. The lowest BCUT2D eigenvalue weighted by Crippen LogP contribution is -2.46. The highest BCUT2D eigenvalue weighted by atomic mass is 31.2. The normalized spacial score (nSPS) is 15.0. The van der Waals surface area contributed by atoms with Crippen molar-refractivity contribution in [3.05, 3.63) is 60.8 Å². The molecule has 4 atom stereocenters. The summed E-state index contributed by atoms with van der Waals surface area (Å²) < 4.78 is 22.1. The molecule has 0 radical (unpaired) electrons. The van der Waals surface area contributed by atoms with E-state index in [1.807, 2.05) is 6.08 Å². The number of hydrogen-bond donors (Lipinski definition) is 5. The maximum Gasteiger partial charge on any atom is 0.472 e. The second-order valence-corrected chi connectivity index (χ2v) is 18.0. The monoisotopic (exact) mass is 865 g/mol. The number of nitrogens with one attached hydrogen (secondary N) is 1. The van der Waals surface area contributed by atoms with E-state index in [-0.39, 0.29) is 19.6 Å². The van der Waals surface area contributed by atoms with Gasteiger partial charge in [0, 0.05) is 6.54 Å². The van der Waals surface area contributed by atoms with Crippen LogP contribution in [0, 0.1) is 0 Å². The molecule has 0 aromatic carbocycles. The Kier molecular flexibility index (Phi) is 43.8. The number of hydrogen-bond acceptors (Lipinski definition) is 7. The zero-order valence-electron chi connectivity index (χ0n) is 38.5. The molecule has 4 unspecified atom stereocenters. The number of nitrogens with two attached hydrogens (primary N) is 1. The summed E-state index contributed by atoms with van der Waals surface area (Å²) in [6.45, 7) is 3.92. The van der Waals surface area contributed by atoms with E-state index in [0.29, 0.717) is 12.8 Å². The predicted molar refractivity (Wildman–Crippen MR) is 255 cm³/mol. The Morgan fingerprint density at radius 3 is 1.52 bits per heavy atom. The maximum absolute atomic E-state index is 12.8. The molecule has 60 heavy (non-hydrogen) atoms. The third-order valence-corrected chi connectivity index (χ3v) is 11.6. The number of allylic oxidation sites excluding steroid dienone is 9. The molecule has 0 aliphatic heterocycles. The van der Waals surface area contributed by atoms with Crippen molar-refractivity contribution in [2.24, 2.45) is 5.73 Å². The lowest BCUT2D eigenvalue weighted by molar-refractivity contribution is -0.124. The van der Waals surface area contributed by atoms with Crippen LogP contribution in [0.5, 0.6) is 0 Å². The van der Waals surface area contributed by atoms with E-state index >= 15 is 0 Å². The van der Waals surface area contributed by atoms with Gasteiger partial charge in [0.2, 0.25) is 5.91 Å². The van der Waals surface area contributed by atoms with Crippen molar-refractivity contribution < 1.29 is 33.5 Å². The molecule has 9 nitrogen and oxygen atoms in total. The van der Waals surface area contributed by atoms with Crippen LogP contribution < -0.4 is 11.1 Å². The Morgan fingerprint density at radius 1 is 0.583 bits per heavy atom. The minimum atomic E-state index is -4.42. The van der Waals surface area contributed by atoms with Crippen molar-refractivity contribution in [1.29, 1.82) is 0 Å². The summed E-state index contributed by atoms with van der Waals surface area (Å²) in [6.07, 6.45) is 54.5. The van der Waals surface area contributed by atoms with Gasteiger partial charge in [0.05, 0.1) is 37.9 Å². The first kappa shape index (κ1) is 58.2. The summed E-state index contributed by atoms with van der Waals surface area (Å²) in [5.41, 5.74) is 5.37. The predicted octanol–water partition coefficient (Wildman–Crippen LogP) is 13.2. The molecule has 0 aliphatic carbocycles. The number of rotatable bonds is 45. The maximum atomic E-state index is 12.8. The zero-order chi connectivity index (χ0) is 44.0. The van der Waals surface area contributed by atoms with Gasteiger partial charge in [-0.1, -0.05) is 197 Å². The minimum absolute atomic E-state index is 0.0394. The molecule has 0 fully saturated rings. The number of amides is 1. The quantitative estimate of drug-likeness (QED) is 0.0176. The van der Waals surface area contributed by atoms with E-state index in [1.165, 1.54) is 128 Å². The van der Waals surface area contributed by atoms with Crippen LogP contribution in [0.2, 0.25) is 0 Å².